The van der Waals surface area contributed by atoms with Crippen LogP contribution in [-0.2, 0) is 6.42 Å². The van der Waals surface area contributed by atoms with E-state index in [0.717, 1.165) is 16.3 Å². The number of aryl methyl sites for hydroxylation is 2. The van der Waals surface area contributed by atoms with Crippen molar-refractivity contribution < 1.29 is 5.11 Å². The van der Waals surface area contributed by atoms with Crippen LogP contribution < -0.4 is 0 Å². The van der Waals surface area contributed by atoms with Crippen LogP contribution in [0.15, 0.2) is 40.9 Å². The molecule has 0 radical (unpaired) electrons. The Bertz CT molecular complexity index is 909. The van der Waals surface area contributed by atoms with Crippen LogP contribution in [0.25, 0.3) is 21.9 Å². The molecule has 0 heterocycles. The van der Waals surface area contributed by atoms with Crippen LogP contribution in [0.4, 0.5) is 0 Å². The lowest BCUT2D eigenvalue weighted by Crippen LogP contribution is -1.89. The number of rotatable bonds is 0. The van der Waals surface area contributed by atoms with Crippen LogP contribution in [0.1, 0.15) is 22.3 Å². The summed E-state index contributed by atoms with van der Waals surface area (Å²) in [6, 6.07) is 12.5. The van der Waals surface area contributed by atoms with Gasteiger partial charge in [0, 0.05) is 9.86 Å². The van der Waals surface area contributed by atoms with E-state index < -0.39 is 0 Å². The van der Waals surface area contributed by atoms with Crippen molar-refractivity contribution in [2.45, 2.75) is 20.3 Å². The Labute approximate surface area is 132 Å². The van der Waals surface area contributed by atoms with Gasteiger partial charge in [0.2, 0.25) is 0 Å². The van der Waals surface area contributed by atoms with Crippen LogP contribution in [0.3, 0.4) is 0 Å². The lowest BCUT2D eigenvalue weighted by atomic mass is 9.92. The number of hydrogen-bond acceptors (Lipinski definition) is 1. The summed E-state index contributed by atoms with van der Waals surface area (Å²) >= 11 is 3.55. The minimum atomic E-state index is 0.388. The van der Waals surface area contributed by atoms with Crippen molar-refractivity contribution in [3.8, 4) is 16.9 Å². The molecule has 0 spiro atoms. The second-order valence-electron chi connectivity index (χ2n) is 5.84. The summed E-state index contributed by atoms with van der Waals surface area (Å²) in [4.78, 5) is 0. The molecule has 3 aromatic carbocycles. The van der Waals surface area contributed by atoms with Gasteiger partial charge in [0.05, 0.1) is 0 Å². The van der Waals surface area contributed by atoms with Crippen molar-refractivity contribution in [2.24, 2.45) is 0 Å². The maximum Gasteiger partial charge on any atom is 0.123 e. The van der Waals surface area contributed by atoms with E-state index in [4.69, 9.17) is 0 Å². The summed E-state index contributed by atoms with van der Waals surface area (Å²) in [5.74, 6) is 0.388. The number of phenols is 1. The number of fused-ring (bicyclic) bond motifs is 5. The quantitative estimate of drug-likeness (QED) is 0.449. The monoisotopic (exact) mass is 338 g/mol. The minimum Gasteiger partial charge on any atom is -0.507 e. The van der Waals surface area contributed by atoms with Gasteiger partial charge in [-0.05, 0) is 77.2 Å². The molecule has 2 heteroatoms. The maximum absolute atomic E-state index is 10.4. The van der Waals surface area contributed by atoms with Gasteiger partial charge in [0.25, 0.3) is 0 Å². The van der Waals surface area contributed by atoms with Gasteiger partial charge < -0.3 is 5.11 Å². The van der Waals surface area contributed by atoms with Gasteiger partial charge in [-0.3, -0.25) is 0 Å². The molecule has 1 nitrogen and oxygen atoms in total. The lowest BCUT2D eigenvalue weighted by Gasteiger charge is -2.13. The second kappa shape index (κ2) is 4.35. The van der Waals surface area contributed by atoms with Crippen LogP contribution >= 0.6 is 15.9 Å². The van der Waals surface area contributed by atoms with Gasteiger partial charge >= 0.3 is 0 Å². The summed E-state index contributed by atoms with van der Waals surface area (Å²) in [7, 11) is 0. The van der Waals surface area contributed by atoms with Gasteiger partial charge in [0.1, 0.15) is 5.75 Å². The van der Waals surface area contributed by atoms with Crippen molar-refractivity contribution in [1.82, 2.24) is 0 Å². The fourth-order valence-electron chi connectivity index (χ4n) is 3.43. The number of aromatic hydroxyl groups is 1. The van der Waals surface area contributed by atoms with Gasteiger partial charge in [0.15, 0.2) is 0 Å². The second-order valence-corrected chi connectivity index (χ2v) is 6.75. The normalized spacial score (nSPS) is 12.5. The fraction of sp³-hybridized carbons (Fsp3) is 0.158. The van der Waals surface area contributed by atoms with Crippen LogP contribution in [0, 0.1) is 13.8 Å². The molecule has 21 heavy (non-hydrogen) atoms. The van der Waals surface area contributed by atoms with Gasteiger partial charge in [-0.25, -0.2) is 0 Å². The first-order valence-electron chi connectivity index (χ1n) is 7.10. The zero-order chi connectivity index (χ0) is 14.7. The lowest BCUT2D eigenvalue weighted by molar-refractivity contribution is 0.481. The predicted octanol–water partition coefficient (Wildman–Crippen LogP) is 5.50. The SMILES string of the molecule is Cc1ccc2c(O)cc3c(c2c1C)-c1ccc(Br)cc1C3. The van der Waals surface area contributed by atoms with E-state index >= 15 is 0 Å². The first kappa shape index (κ1) is 12.9. The molecule has 0 fully saturated rings. The van der Waals surface area contributed by atoms with Crippen LogP contribution in [0.2, 0.25) is 0 Å². The molecule has 1 aliphatic carbocycles. The molecule has 0 amide bonds. The Morgan fingerprint density at radius 3 is 2.62 bits per heavy atom. The summed E-state index contributed by atoms with van der Waals surface area (Å²) in [6.07, 6.45) is 0.890. The summed E-state index contributed by atoms with van der Waals surface area (Å²) in [6.45, 7) is 4.27. The largest absolute Gasteiger partial charge is 0.507 e. The fourth-order valence-corrected chi connectivity index (χ4v) is 3.84. The van der Waals surface area contributed by atoms with Gasteiger partial charge in [-0.1, -0.05) is 34.1 Å². The maximum atomic E-state index is 10.4. The molecule has 0 aliphatic heterocycles. The highest BCUT2D eigenvalue weighted by molar-refractivity contribution is 9.10. The molecule has 0 aromatic heterocycles. The van der Waals surface area contributed by atoms with Crippen molar-refractivity contribution in [2.75, 3.05) is 0 Å². The first-order chi connectivity index (χ1) is 10.1. The van der Waals surface area contributed by atoms with E-state index in [2.05, 4.69) is 54.0 Å². The summed E-state index contributed by atoms with van der Waals surface area (Å²) in [5.41, 5.74) is 7.67. The topological polar surface area (TPSA) is 20.2 Å². The summed E-state index contributed by atoms with van der Waals surface area (Å²) < 4.78 is 1.11. The highest BCUT2D eigenvalue weighted by Gasteiger charge is 2.23. The standard InChI is InChI=1S/C19H15BrO/c1-10-3-5-16-17(21)9-13-7-12-8-14(20)4-6-15(12)19(13)18(16)11(10)2/h3-6,8-9,21H,7H2,1-2H3. The predicted molar refractivity (Wildman–Crippen MR) is 91.0 cm³/mol. The number of phenolic OH excluding ortho intramolecular Hbond substituents is 1. The molecule has 1 aliphatic rings. The molecule has 0 bridgehead atoms. The van der Waals surface area contributed by atoms with Crippen LogP contribution in [0.5, 0.6) is 5.75 Å². The van der Waals surface area contributed by atoms with Crippen molar-refractivity contribution >= 4 is 26.7 Å². The van der Waals surface area contributed by atoms with Crippen molar-refractivity contribution in [1.29, 1.82) is 0 Å². The molecule has 0 saturated carbocycles. The molecular formula is C19H15BrO. The highest BCUT2D eigenvalue weighted by atomic mass is 79.9. The van der Waals surface area contributed by atoms with E-state index in [-0.39, 0.29) is 0 Å². The third kappa shape index (κ3) is 1.75. The van der Waals surface area contributed by atoms with E-state index in [1.165, 1.54) is 38.8 Å². The van der Waals surface area contributed by atoms with Crippen molar-refractivity contribution in [3.63, 3.8) is 0 Å². The molecule has 1 N–H and O–H groups in total. The Kier molecular flexibility index (Phi) is 2.67. The average Bonchev–Trinajstić information content (AvgIpc) is 2.79. The Morgan fingerprint density at radius 2 is 1.81 bits per heavy atom. The zero-order valence-electron chi connectivity index (χ0n) is 12.0. The van der Waals surface area contributed by atoms with E-state index in [1.54, 1.807) is 0 Å². The molecule has 104 valence electrons. The summed E-state index contributed by atoms with van der Waals surface area (Å²) in [5, 5.41) is 12.5. The number of halogens is 1. The van der Waals surface area contributed by atoms with E-state index in [9.17, 15) is 5.11 Å². The van der Waals surface area contributed by atoms with E-state index in [1.807, 2.05) is 12.1 Å². The Hall–Kier alpha value is -1.80. The molecule has 0 saturated heterocycles. The number of benzene rings is 3. The zero-order valence-corrected chi connectivity index (χ0v) is 13.6. The molecular weight excluding hydrogens is 324 g/mol. The first-order valence-corrected chi connectivity index (χ1v) is 7.89. The molecule has 3 aromatic rings. The van der Waals surface area contributed by atoms with Gasteiger partial charge in [-0.2, -0.15) is 0 Å². The van der Waals surface area contributed by atoms with Gasteiger partial charge in [-0.15, -0.1) is 0 Å². The van der Waals surface area contributed by atoms with Crippen LogP contribution in [-0.4, -0.2) is 5.11 Å². The minimum absolute atomic E-state index is 0.388. The third-order valence-corrected chi connectivity index (χ3v) is 5.10. The molecule has 0 unspecified atom stereocenters. The van der Waals surface area contributed by atoms with Crippen molar-refractivity contribution in [3.05, 3.63) is 63.1 Å². The van der Waals surface area contributed by atoms with E-state index in [0.29, 0.717) is 5.75 Å². The Balaban J connectivity index is 2.19. The molecule has 4 rings (SSSR count). The smallest absolute Gasteiger partial charge is 0.123 e. The Morgan fingerprint density at radius 1 is 1.00 bits per heavy atom. The number of hydrogen-bond donors (Lipinski definition) is 1. The highest BCUT2D eigenvalue weighted by Crippen LogP contribution is 2.46. The average molecular weight is 339 g/mol. The third-order valence-electron chi connectivity index (χ3n) is 4.61. The molecule has 0 atom stereocenters.